The smallest absolute Gasteiger partial charge is 0.159 e. The lowest BCUT2D eigenvalue weighted by Crippen LogP contribution is -2.19. The van der Waals surface area contributed by atoms with Gasteiger partial charge in [0.2, 0.25) is 0 Å². The van der Waals surface area contributed by atoms with Crippen molar-refractivity contribution >= 4 is 0 Å². The second-order valence-electron chi connectivity index (χ2n) is 3.60. The number of aliphatic hydroxyl groups is 3. The molecule has 92 valence electrons. The Hall–Kier alpha value is -1.70. The molecule has 0 bridgehead atoms. The van der Waals surface area contributed by atoms with E-state index in [1.807, 2.05) is 0 Å². The van der Waals surface area contributed by atoms with Gasteiger partial charge in [-0.15, -0.1) is 0 Å². The second kappa shape index (κ2) is 5.09. The van der Waals surface area contributed by atoms with Crippen LogP contribution in [-0.2, 0) is 0 Å². The molecule has 0 radical (unpaired) electrons. The number of aromatic nitrogens is 3. The van der Waals surface area contributed by atoms with Gasteiger partial charge in [0.1, 0.15) is 18.1 Å². The van der Waals surface area contributed by atoms with E-state index in [1.165, 1.54) is 12.5 Å². The van der Waals surface area contributed by atoms with E-state index in [4.69, 9.17) is 5.11 Å². The van der Waals surface area contributed by atoms with Crippen LogP contribution < -0.4 is 0 Å². The van der Waals surface area contributed by atoms with Gasteiger partial charge in [-0.25, -0.2) is 4.98 Å². The maximum Gasteiger partial charge on any atom is 0.159 e. The normalized spacial score (nSPS) is 14.8. The van der Waals surface area contributed by atoms with Gasteiger partial charge in [0.05, 0.1) is 18.0 Å². The molecule has 7 nitrogen and oxygen atoms in total. The van der Waals surface area contributed by atoms with Crippen LogP contribution in [0.2, 0.25) is 0 Å². The van der Waals surface area contributed by atoms with Crippen LogP contribution in [0.25, 0.3) is 11.5 Å². The van der Waals surface area contributed by atoms with Gasteiger partial charge < -0.3 is 24.8 Å². The van der Waals surface area contributed by atoms with Crippen LogP contribution in [0.5, 0.6) is 0 Å². The Bertz CT molecular complexity index is 454. The Kier molecular flexibility index (Phi) is 3.52. The number of H-pyrrole nitrogens is 1. The van der Waals surface area contributed by atoms with Gasteiger partial charge >= 0.3 is 0 Å². The number of aromatic amines is 1. The van der Waals surface area contributed by atoms with E-state index in [-0.39, 0.29) is 13.0 Å². The van der Waals surface area contributed by atoms with E-state index >= 15 is 0 Å². The lowest BCUT2D eigenvalue weighted by molar-refractivity contribution is 0.00216. The number of hydrogen-bond acceptors (Lipinski definition) is 6. The summed E-state index contributed by atoms with van der Waals surface area (Å²) in [6, 6.07) is 1.62. The molecule has 2 heterocycles. The lowest BCUT2D eigenvalue weighted by Gasteiger charge is -2.14. The summed E-state index contributed by atoms with van der Waals surface area (Å²) in [5.74, 6) is 0.448. The molecule has 4 N–H and O–H groups in total. The third-order valence-electron chi connectivity index (χ3n) is 2.38. The summed E-state index contributed by atoms with van der Waals surface area (Å²) in [7, 11) is 0. The maximum absolute atomic E-state index is 9.75. The highest BCUT2D eigenvalue weighted by Gasteiger charge is 2.20. The average Bonchev–Trinajstić information content (AvgIpc) is 2.98. The molecule has 7 heteroatoms. The van der Waals surface area contributed by atoms with Crippen molar-refractivity contribution in [3.05, 3.63) is 24.2 Å². The van der Waals surface area contributed by atoms with Crippen molar-refractivity contribution in [2.45, 2.75) is 18.6 Å². The molecule has 0 saturated heterocycles. The topological polar surface area (TPSA) is 115 Å². The molecule has 0 saturated carbocycles. The van der Waals surface area contributed by atoms with Crippen LogP contribution in [0.3, 0.4) is 0 Å². The van der Waals surface area contributed by atoms with E-state index in [0.29, 0.717) is 17.2 Å². The molecule has 17 heavy (non-hydrogen) atoms. The molecule has 0 fully saturated rings. The number of aliphatic hydroxyl groups excluding tert-OH is 3. The molecule has 0 aliphatic carbocycles. The Morgan fingerprint density at radius 1 is 1.41 bits per heavy atom. The minimum absolute atomic E-state index is 0.0967. The Morgan fingerprint density at radius 2 is 2.24 bits per heavy atom. The van der Waals surface area contributed by atoms with Crippen LogP contribution in [0.4, 0.5) is 0 Å². The summed E-state index contributed by atoms with van der Waals surface area (Å²) >= 11 is 0. The minimum atomic E-state index is -1.12. The van der Waals surface area contributed by atoms with Crippen molar-refractivity contribution in [2.75, 3.05) is 6.61 Å². The van der Waals surface area contributed by atoms with Crippen molar-refractivity contribution in [1.82, 2.24) is 15.1 Å². The highest BCUT2D eigenvalue weighted by molar-refractivity contribution is 5.47. The van der Waals surface area contributed by atoms with E-state index in [2.05, 4.69) is 19.6 Å². The van der Waals surface area contributed by atoms with Crippen molar-refractivity contribution in [3.8, 4) is 11.5 Å². The summed E-state index contributed by atoms with van der Waals surface area (Å²) in [5, 5.41) is 31.6. The Labute approximate surface area is 96.7 Å². The first-order valence-electron chi connectivity index (χ1n) is 5.15. The summed E-state index contributed by atoms with van der Waals surface area (Å²) in [6.45, 7) is -0.192. The van der Waals surface area contributed by atoms with Gasteiger partial charge in [0.25, 0.3) is 0 Å². The van der Waals surface area contributed by atoms with Gasteiger partial charge in [-0.2, -0.15) is 0 Å². The highest BCUT2D eigenvalue weighted by Crippen LogP contribution is 2.20. The van der Waals surface area contributed by atoms with Gasteiger partial charge in [0.15, 0.2) is 5.82 Å². The van der Waals surface area contributed by atoms with E-state index in [1.54, 1.807) is 6.07 Å². The van der Waals surface area contributed by atoms with E-state index in [0.717, 1.165) is 0 Å². The molecule has 1 unspecified atom stereocenters. The lowest BCUT2D eigenvalue weighted by atomic mass is 10.1. The number of nitrogens with one attached hydrogen (secondary N) is 1. The third-order valence-corrected chi connectivity index (χ3v) is 2.38. The largest absolute Gasteiger partial charge is 0.396 e. The molecule has 0 aromatic carbocycles. The number of hydrogen-bond donors (Lipinski definition) is 4. The summed E-state index contributed by atoms with van der Waals surface area (Å²) in [5.41, 5.74) is 0.879. The first-order chi connectivity index (χ1) is 8.22. The van der Waals surface area contributed by atoms with Crippen LogP contribution in [0.1, 0.15) is 18.2 Å². The molecule has 2 aromatic rings. The van der Waals surface area contributed by atoms with Crippen LogP contribution >= 0.6 is 0 Å². The number of rotatable bonds is 5. The molecule has 0 spiro atoms. The quantitative estimate of drug-likeness (QED) is 0.576. The van der Waals surface area contributed by atoms with E-state index in [9.17, 15) is 10.2 Å². The average molecular weight is 239 g/mol. The predicted octanol–water partition coefficient (Wildman–Crippen LogP) is -0.159. The molecular formula is C10H13N3O4. The fraction of sp³-hybridized carbons (Fsp3) is 0.400. The van der Waals surface area contributed by atoms with Crippen LogP contribution in [-0.4, -0.2) is 43.2 Å². The monoisotopic (exact) mass is 239 g/mol. The van der Waals surface area contributed by atoms with Crippen molar-refractivity contribution < 1.29 is 19.8 Å². The molecule has 0 aliphatic heterocycles. The van der Waals surface area contributed by atoms with Gasteiger partial charge in [-0.1, -0.05) is 5.16 Å². The Balaban J connectivity index is 2.13. The molecule has 2 atom stereocenters. The summed E-state index contributed by atoms with van der Waals surface area (Å²) in [4.78, 5) is 6.84. The molecule has 0 amide bonds. The molecular weight excluding hydrogens is 226 g/mol. The zero-order valence-electron chi connectivity index (χ0n) is 8.95. The predicted molar refractivity (Wildman–Crippen MR) is 56.8 cm³/mol. The zero-order valence-corrected chi connectivity index (χ0v) is 8.95. The fourth-order valence-corrected chi connectivity index (χ4v) is 1.45. The summed E-state index contributed by atoms with van der Waals surface area (Å²) in [6.07, 6.45) is 0.768. The Morgan fingerprint density at radius 3 is 2.88 bits per heavy atom. The summed E-state index contributed by atoms with van der Waals surface area (Å²) < 4.78 is 4.67. The number of nitrogens with zero attached hydrogens (tertiary/aromatic N) is 2. The fourth-order valence-electron chi connectivity index (χ4n) is 1.45. The SMILES string of the molecule is OCC[C@@H](O)C(O)c1cnc(-c2ccon2)[nH]1. The molecule has 2 aromatic heterocycles. The highest BCUT2D eigenvalue weighted by atomic mass is 16.5. The standard InChI is InChI=1S/C10H13N3O4/c14-3-1-8(15)9(16)7-5-11-10(12-7)6-2-4-17-13-6/h2,4-5,8-9,14-16H,1,3H2,(H,11,12)/t8-,9?/m1/s1. The zero-order chi connectivity index (χ0) is 12.3. The van der Waals surface area contributed by atoms with Crippen LogP contribution in [0.15, 0.2) is 23.0 Å². The van der Waals surface area contributed by atoms with Gasteiger partial charge in [0, 0.05) is 12.7 Å². The first-order valence-corrected chi connectivity index (χ1v) is 5.15. The van der Waals surface area contributed by atoms with Crippen molar-refractivity contribution in [1.29, 1.82) is 0 Å². The van der Waals surface area contributed by atoms with Gasteiger partial charge in [-0.05, 0) is 6.42 Å². The first kappa shape index (κ1) is 11.8. The van der Waals surface area contributed by atoms with Crippen LogP contribution in [0, 0.1) is 0 Å². The number of imidazole rings is 1. The third kappa shape index (κ3) is 2.52. The van der Waals surface area contributed by atoms with Gasteiger partial charge in [-0.3, -0.25) is 0 Å². The molecule has 0 aliphatic rings. The van der Waals surface area contributed by atoms with Crippen molar-refractivity contribution in [3.63, 3.8) is 0 Å². The van der Waals surface area contributed by atoms with E-state index < -0.39 is 12.2 Å². The second-order valence-corrected chi connectivity index (χ2v) is 3.60. The van der Waals surface area contributed by atoms with Crippen molar-refractivity contribution in [2.24, 2.45) is 0 Å². The minimum Gasteiger partial charge on any atom is -0.396 e. The maximum atomic E-state index is 9.75. The molecule has 2 rings (SSSR count).